The highest BCUT2D eigenvalue weighted by molar-refractivity contribution is 5.85. The average molecular weight is 411 g/mol. The predicted molar refractivity (Wildman–Crippen MR) is 130 cm³/mol. The van der Waals surface area contributed by atoms with E-state index in [2.05, 4.69) is 83.1 Å². The Morgan fingerprint density at radius 3 is 0.900 bits per heavy atom. The van der Waals surface area contributed by atoms with Crippen LogP contribution in [0.1, 0.15) is 105 Å². The molecule has 2 aromatic rings. The van der Waals surface area contributed by atoms with E-state index >= 15 is 0 Å². The summed E-state index contributed by atoms with van der Waals surface area (Å²) in [7, 11) is 0. The average Bonchev–Trinajstić information content (AvgIpc) is 2.50. The lowest BCUT2D eigenvalue weighted by Gasteiger charge is -2.36. The molecule has 0 aliphatic carbocycles. The Hall–Kier alpha value is -1.96. The van der Waals surface area contributed by atoms with E-state index in [0.717, 1.165) is 22.3 Å². The van der Waals surface area contributed by atoms with Crippen molar-refractivity contribution in [1.29, 1.82) is 0 Å². The van der Waals surface area contributed by atoms with Crippen LogP contribution in [0, 0.1) is 0 Å². The van der Waals surface area contributed by atoms with Gasteiger partial charge in [0.1, 0.15) is 11.5 Å². The number of benzene rings is 2. The Labute approximate surface area is 184 Å². The molecule has 2 N–H and O–H groups in total. The van der Waals surface area contributed by atoms with Crippen LogP contribution in [0.15, 0.2) is 24.3 Å². The first-order valence-corrected chi connectivity index (χ1v) is 11.0. The van der Waals surface area contributed by atoms with Crippen LogP contribution in [-0.4, -0.2) is 10.2 Å². The summed E-state index contributed by atoms with van der Waals surface area (Å²) < 4.78 is 0. The standard InChI is InChI=1S/C28H42O2/c1-25(2,3)17-13-15-19(29)21(23(17)27(7,8)9)22-20(30)16-14-18(26(4,5)6)24(22)28(10,11)12/h13-16,29-30H,1-12H3. The maximum absolute atomic E-state index is 11.2. The van der Waals surface area contributed by atoms with Crippen molar-refractivity contribution in [2.45, 2.75) is 105 Å². The fourth-order valence-corrected chi connectivity index (χ4v) is 4.50. The minimum absolute atomic E-state index is 0.0930. The van der Waals surface area contributed by atoms with Gasteiger partial charge in [-0.15, -0.1) is 0 Å². The minimum Gasteiger partial charge on any atom is -0.507 e. The summed E-state index contributed by atoms with van der Waals surface area (Å²) >= 11 is 0. The van der Waals surface area contributed by atoms with Crippen LogP contribution >= 0.6 is 0 Å². The molecule has 0 aliphatic rings. The first-order valence-electron chi connectivity index (χ1n) is 11.0. The molecule has 30 heavy (non-hydrogen) atoms. The molecule has 2 aromatic carbocycles. The van der Waals surface area contributed by atoms with Crippen molar-refractivity contribution in [2.24, 2.45) is 0 Å². The Bertz CT molecular complexity index is 858. The second-order valence-electron chi connectivity index (χ2n) is 12.8. The number of phenols is 2. The molecule has 0 heterocycles. The lowest BCUT2D eigenvalue weighted by molar-refractivity contribution is 0.457. The lowest BCUT2D eigenvalue weighted by Crippen LogP contribution is -2.26. The third kappa shape index (κ3) is 4.53. The number of rotatable bonds is 1. The van der Waals surface area contributed by atoms with Gasteiger partial charge in [0.15, 0.2) is 0 Å². The van der Waals surface area contributed by atoms with Crippen LogP contribution in [0.4, 0.5) is 0 Å². The van der Waals surface area contributed by atoms with Gasteiger partial charge in [0.05, 0.1) is 0 Å². The molecule has 0 aliphatic heterocycles. The van der Waals surface area contributed by atoms with Crippen molar-refractivity contribution in [1.82, 2.24) is 0 Å². The minimum atomic E-state index is -0.212. The topological polar surface area (TPSA) is 40.5 Å². The number of aromatic hydroxyl groups is 2. The van der Waals surface area contributed by atoms with Crippen molar-refractivity contribution in [2.75, 3.05) is 0 Å². The third-order valence-corrected chi connectivity index (χ3v) is 5.73. The van der Waals surface area contributed by atoms with Gasteiger partial charge in [-0.1, -0.05) is 95.2 Å². The van der Waals surface area contributed by atoms with Crippen LogP contribution in [-0.2, 0) is 21.7 Å². The summed E-state index contributed by atoms with van der Waals surface area (Å²) in [6, 6.07) is 7.67. The molecule has 0 amide bonds. The third-order valence-electron chi connectivity index (χ3n) is 5.73. The monoisotopic (exact) mass is 410 g/mol. The van der Waals surface area contributed by atoms with Crippen molar-refractivity contribution >= 4 is 0 Å². The van der Waals surface area contributed by atoms with Crippen LogP contribution < -0.4 is 0 Å². The Morgan fingerprint density at radius 2 is 0.700 bits per heavy atom. The fourth-order valence-electron chi connectivity index (χ4n) is 4.50. The van der Waals surface area contributed by atoms with E-state index in [9.17, 15) is 10.2 Å². The summed E-state index contributed by atoms with van der Waals surface area (Å²) in [5.41, 5.74) is 5.52. The summed E-state index contributed by atoms with van der Waals surface area (Å²) in [6.07, 6.45) is 0. The number of phenolic OH excluding ortho intramolecular Hbond substituents is 2. The van der Waals surface area contributed by atoms with E-state index in [1.807, 2.05) is 12.1 Å². The Balaban J connectivity index is 3.21. The quantitative estimate of drug-likeness (QED) is 0.500. The summed E-state index contributed by atoms with van der Waals surface area (Å²) in [4.78, 5) is 0. The van der Waals surface area contributed by atoms with Gasteiger partial charge in [0, 0.05) is 11.1 Å². The van der Waals surface area contributed by atoms with Crippen molar-refractivity contribution < 1.29 is 10.2 Å². The van der Waals surface area contributed by atoms with Gasteiger partial charge in [-0.05, 0) is 56.0 Å². The highest BCUT2D eigenvalue weighted by Gasteiger charge is 2.35. The van der Waals surface area contributed by atoms with Crippen LogP contribution in [0.2, 0.25) is 0 Å². The van der Waals surface area contributed by atoms with Crippen LogP contribution in [0.3, 0.4) is 0 Å². The van der Waals surface area contributed by atoms with E-state index in [0.29, 0.717) is 0 Å². The van der Waals surface area contributed by atoms with Crippen molar-refractivity contribution in [3.05, 3.63) is 46.5 Å². The number of hydrogen-bond acceptors (Lipinski definition) is 2. The van der Waals surface area contributed by atoms with E-state index in [-0.39, 0.29) is 33.2 Å². The Kier molecular flexibility index (Phi) is 5.93. The molecule has 166 valence electrons. The zero-order valence-corrected chi connectivity index (χ0v) is 21.2. The second-order valence-corrected chi connectivity index (χ2v) is 12.8. The molecule has 2 rings (SSSR count). The maximum atomic E-state index is 11.2. The van der Waals surface area contributed by atoms with E-state index in [1.165, 1.54) is 11.1 Å². The van der Waals surface area contributed by atoms with Crippen LogP contribution in [0.25, 0.3) is 11.1 Å². The maximum Gasteiger partial charge on any atom is 0.123 e. The van der Waals surface area contributed by atoms with Gasteiger partial charge in [-0.3, -0.25) is 0 Å². The van der Waals surface area contributed by atoms with Gasteiger partial charge in [-0.2, -0.15) is 0 Å². The molecule has 0 saturated carbocycles. The lowest BCUT2D eigenvalue weighted by atomic mass is 9.68. The SMILES string of the molecule is CC(C)(C)c1ccc(O)c(-c2c(O)ccc(C(C)(C)C)c2C(C)(C)C)c1C(C)(C)C. The highest BCUT2D eigenvalue weighted by Crippen LogP contribution is 2.51. The van der Waals surface area contributed by atoms with Crippen LogP contribution in [0.5, 0.6) is 11.5 Å². The van der Waals surface area contributed by atoms with Gasteiger partial charge in [-0.25, -0.2) is 0 Å². The highest BCUT2D eigenvalue weighted by atomic mass is 16.3. The molecule has 0 spiro atoms. The summed E-state index contributed by atoms with van der Waals surface area (Å²) in [6.45, 7) is 26.3. The summed E-state index contributed by atoms with van der Waals surface area (Å²) in [5, 5.41) is 22.4. The number of hydrogen-bond donors (Lipinski definition) is 2. The molecule has 2 heteroatoms. The van der Waals surface area contributed by atoms with Gasteiger partial charge >= 0.3 is 0 Å². The molecule has 0 radical (unpaired) electrons. The van der Waals surface area contributed by atoms with Crippen molar-refractivity contribution in [3.63, 3.8) is 0 Å². The van der Waals surface area contributed by atoms with E-state index in [1.54, 1.807) is 12.1 Å². The Morgan fingerprint density at radius 1 is 0.433 bits per heavy atom. The smallest absolute Gasteiger partial charge is 0.123 e. The molecule has 2 nitrogen and oxygen atoms in total. The molecule has 0 unspecified atom stereocenters. The first-order chi connectivity index (χ1) is 13.3. The predicted octanol–water partition coefficient (Wildman–Crippen LogP) is 7.95. The van der Waals surface area contributed by atoms with Gasteiger partial charge < -0.3 is 10.2 Å². The molecule has 0 aromatic heterocycles. The van der Waals surface area contributed by atoms with E-state index < -0.39 is 0 Å². The van der Waals surface area contributed by atoms with E-state index in [4.69, 9.17) is 0 Å². The molecular formula is C28H42O2. The molecule has 0 atom stereocenters. The molecule has 0 bridgehead atoms. The fraction of sp³-hybridized carbons (Fsp3) is 0.571. The molecule has 0 saturated heterocycles. The van der Waals surface area contributed by atoms with Crippen molar-refractivity contribution in [3.8, 4) is 22.6 Å². The van der Waals surface area contributed by atoms with Gasteiger partial charge in [0.2, 0.25) is 0 Å². The zero-order chi connectivity index (χ0) is 23.4. The molecular weight excluding hydrogens is 368 g/mol. The van der Waals surface area contributed by atoms with Gasteiger partial charge in [0.25, 0.3) is 0 Å². The normalized spacial score (nSPS) is 13.6. The summed E-state index contributed by atoms with van der Waals surface area (Å²) in [5.74, 6) is 0.444. The zero-order valence-electron chi connectivity index (χ0n) is 21.2. The largest absolute Gasteiger partial charge is 0.507 e. The first kappa shape index (κ1) is 24.3. The second kappa shape index (κ2) is 7.32. The molecule has 0 fully saturated rings.